The molecule has 3 aromatic rings. The Labute approximate surface area is 181 Å². The van der Waals surface area contributed by atoms with Crippen molar-refractivity contribution in [2.45, 2.75) is 64.3 Å². The number of aryl methyl sites for hydroxylation is 2. The number of nitrogens with zero attached hydrogens (tertiary/aromatic N) is 1. The zero-order valence-electron chi connectivity index (χ0n) is 18.0. The predicted octanol–water partition coefficient (Wildman–Crippen LogP) is 3.09. The Morgan fingerprint density at radius 3 is 2.87 bits per heavy atom. The molecule has 31 heavy (non-hydrogen) atoms. The number of aliphatic hydroxyl groups excluding tert-OH is 1. The second-order valence-corrected chi connectivity index (χ2v) is 8.33. The number of aromatic nitrogens is 2. The van der Waals surface area contributed by atoms with Crippen LogP contribution in [0.3, 0.4) is 0 Å². The third-order valence-electron chi connectivity index (χ3n) is 6.15. The SMILES string of the molecule is CCC(=O)Nc1ccccc1CCC(C)NC1CCn2c(=O)[nH]c3cccc(c32)C1O. The Morgan fingerprint density at radius 1 is 1.26 bits per heavy atom. The Kier molecular flexibility index (Phi) is 6.25. The summed E-state index contributed by atoms with van der Waals surface area (Å²) in [5, 5.41) is 17.6. The maximum absolute atomic E-state index is 12.3. The summed E-state index contributed by atoms with van der Waals surface area (Å²) in [6, 6.07) is 13.5. The first kappa shape index (κ1) is 21.3. The Morgan fingerprint density at radius 2 is 2.06 bits per heavy atom. The molecule has 0 saturated heterocycles. The summed E-state index contributed by atoms with van der Waals surface area (Å²) < 4.78 is 1.73. The molecule has 1 aromatic heterocycles. The largest absolute Gasteiger partial charge is 0.387 e. The highest BCUT2D eigenvalue weighted by atomic mass is 16.3. The van der Waals surface area contributed by atoms with E-state index in [0.717, 1.165) is 40.7 Å². The number of benzene rings is 2. The zero-order valence-corrected chi connectivity index (χ0v) is 18.0. The number of anilines is 1. The molecule has 3 atom stereocenters. The number of aromatic amines is 1. The summed E-state index contributed by atoms with van der Waals surface area (Å²) in [5.74, 6) is 0.00765. The highest BCUT2D eigenvalue weighted by Crippen LogP contribution is 2.30. The van der Waals surface area contributed by atoms with Crippen LogP contribution in [0.15, 0.2) is 47.3 Å². The van der Waals surface area contributed by atoms with Crippen LogP contribution in [-0.2, 0) is 17.8 Å². The van der Waals surface area contributed by atoms with E-state index in [1.165, 1.54) is 0 Å². The van der Waals surface area contributed by atoms with Crippen LogP contribution in [0.4, 0.5) is 5.69 Å². The van der Waals surface area contributed by atoms with E-state index in [9.17, 15) is 14.7 Å². The number of para-hydroxylation sites is 2. The van der Waals surface area contributed by atoms with Crippen LogP contribution in [0.5, 0.6) is 0 Å². The second kappa shape index (κ2) is 9.08. The van der Waals surface area contributed by atoms with Gasteiger partial charge in [0.25, 0.3) is 0 Å². The number of carbonyl (C=O) groups is 1. The molecule has 4 N–H and O–H groups in total. The van der Waals surface area contributed by atoms with E-state index in [-0.39, 0.29) is 23.7 Å². The molecule has 0 spiro atoms. The number of amides is 1. The van der Waals surface area contributed by atoms with Crippen LogP contribution in [0.25, 0.3) is 11.0 Å². The first-order chi connectivity index (χ1) is 15.0. The van der Waals surface area contributed by atoms with Gasteiger partial charge in [-0.05, 0) is 43.9 Å². The van der Waals surface area contributed by atoms with E-state index >= 15 is 0 Å². The molecule has 7 nitrogen and oxygen atoms in total. The van der Waals surface area contributed by atoms with Crippen molar-refractivity contribution in [1.82, 2.24) is 14.9 Å². The van der Waals surface area contributed by atoms with E-state index in [4.69, 9.17) is 0 Å². The van der Waals surface area contributed by atoms with E-state index in [1.54, 1.807) is 4.57 Å². The van der Waals surface area contributed by atoms with Gasteiger partial charge < -0.3 is 20.7 Å². The Bertz CT molecular complexity index is 1130. The average molecular weight is 423 g/mol. The molecule has 1 amide bonds. The van der Waals surface area contributed by atoms with Gasteiger partial charge in [0, 0.05) is 36.3 Å². The van der Waals surface area contributed by atoms with Gasteiger partial charge in [-0.3, -0.25) is 9.36 Å². The number of rotatable bonds is 7. The lowest BCUT2D eigenvalue weighted by atomic mass is 9.98. The molecule has 0 radical (unpaired) electrons. The Balaban J connectivity index is 1.43. The number of carbonyl (C=O) groups excluding carboxylic acids is 1. The van der Waals surface area contributed by atoms with Gasteiger partial charge in [0.1, 0.15) is 0 Å². The molecule has 3 unspecified atom stereocenters. The van der Waals surface area contributed by atoms with Crippen LogP contribution in [0, 0.1) is 0 Å². The number of imidazole rings is 1. The van der Waals surface area contributed by atoms with Gasteiger partial charge in [0.15, 0.2) is 0 Å². The highest BCUT2D eigenvalue weighted by molar-refractivity contribution is 5.91. The molecule has 2 aromatic carbocycles. The summed E-state index contributed by atoms with van der Waals surface area (Å²) in [6.07, 6.45) is 2.10. The van der Waals surface area contributed by atoms with Crippen molar-refractivity contribution in [1.29, 1.82) is 0 Å². The molecule has 4 rings (SSSR count). The molecule has 0 bridgehead atoms. The van der Waals surface area contributed by atoms with E-state index < -0.39 is 6.10 Å². The molecular weight excluding hydrogens is 392 g/mol. The maximum atomic E-state index is 12.3. The first-order valence-corrected chi connectivity index (χ1v) is 11.0. The molecule has 0 saturated carbocycles. The number of hydrogen-bond donors (Lipinski definition) is 4. The summed E-state index contributed by atoms with van der Waals surface area (Å²) in [4.78, 5) is 27.0. The monoisotopic (exact) mass is 422 g/mol. The molecule has 2 heterocycles. The molecule has 7 heteroatoms. The summed E-state index contributed by atoms with van der Waals surface area (Å²) >= 11 is 0. The third-order valence-corrected chi connectivity index (χ3v) is 6.15. The normalized spacial score (nSPS) is 19.2. The molecule has 1 aliphatic rings. The van der Waals surface area contributed by atoms with Crippen LogP contribution in [-0.4, -0.2) is 32.6 Å². The minimum Gasteiger partial charge on any atom is -0.387 e. The number of hydrogen-bond acceptors (Lipinski definition) is 4. The van der Waals surface area contributed by atoms with Crippen molar-refractivity contribution in [3.8, 4) is 0 Å². The molecule has 0 fully saturated rings. The topological polar surface area (TPSA) is 99.2 Å². The highest BCUT2D eigenvalue weighted by Gasteiger charge is 2.29. The molecule has 164 valence electrons. The van der Waals surface area contributed by atoms with Crippen molar-refractivity contribution in [2.75, 3.05) is 5.32 Å². The van der Waals surface area contributed by atoms with Crippen molar-refractivity contribution >= 4 is 22.6 Å². The predicted molar refractivity (Wildman–Crippen MR) is 122 cm³/mol. The van der Waals surface area contributed by atoms with Crippen molar-refractivity contribution < 1.29 is 9.90 Å². The zero-order chi connectivity index (χ0) is 22.0. The average Bonchev–Trinajstić information content (AvgIpc) is 3.02. The standard InChI is InChI=1S/C24H30N4O3/c1-3-21(29)26-18-9-5-4-7-16(18)12-11-15(2)25-20-13-14-28-22-17(23(20)30)8-6-10-19(22)27-24(28)31/h4-10,15,20,23,25,30H,3,11-14H2,1-2H3,(H,26,29)(H,27,31). The van der Waals surface area contributed by atoms with Crippen molar-refractivity contribution in [3.05, 3.63) is 64.1 Å². The van der Waals surface area contributed by atoms with Crippen LogP contribution < -0.4 is 16.3 Å². The number of H-pyrrole nitrogens is 1. The summed E-state index contributed by atoms with van der Waals surface area (Å²) in [5.41, 5.74) is 4.19. The lowest BCUT2D eigenvalue weighted by Crippen LogP contribution is -2.41. The smallest absolute Gasteiger partial charge is 0.326 e. The van der Waals surface area contributed by atoms with Gasteiger partial charge in [0.2, 0.25) is 5.91 Å². The van der Waals surface area contributed by atoms with Gasteiger partial charge in [-0.1, -0.05) is 37.3 Å². The maximum Gasteiger partial charge on any atom is 0.326 e. The number of nitrogens with one attached hydrogen (secondary N) is 3. The second-order valence-electron chi connectivity index (χ2n) is 8.33. The van der Waals surface area contributed by atoms with Crippen molar-refractivity contribution in [2.24, 2.45) is 0 Å². The van der Waals surface area contributed by atoms with Gasteiger partial charge in [-0.2, -0.15) is 0 Å². The molecular formula is C24H30N4O3. The van der Waals surface area contributed by atoms with Gasteiger partial charge >= 0.3 is 5.69 Å². The Hall–Kier alpha value is -2.90. The summed E-state index contributed by atoms with van der Waals surface area (Å²) in [7, 11) is 0. The minimum atomic E-state index is -0.689. The fraction of sp³-hybridized carbons (Fsp3) is 0.417. The lowest BCUT2D eigenvalue weighted by Gasteiger charge is -2.27. The van der Waals surface area contributed by atoms with Crippen molar-refractivity contribution in [3.63, 3.8) is 0 Å². The lowest BCUT2D eigenvalue weighted by molar-refractivity contribution is -0.115. The van der Waals surface area contributed by atoms with Gasteiger partial charge in [0.05, 0.1) is 17.1 Å². The van der Waals surface area contributed by atoms with Crippen LogP contribution in [0.1, 0.15) is 50.3 Å². The van der Waals surface area contributed by atoms with Gasteiger partial charge in [-0.15, -0.1) is 0 Å². The third kappa shape index (κ3) is 4.43. The van der Waals surface area contributed by atoms with E-state index in [1.807, 2.05) is 49.4 Å². The molecule has 0 aliphatic carbocycles. The van der Waals surface area contributed by atoms with Crippen LogP contribution in [0.2, 0.25) is 0 Å². The van der Waals surface area contributed by atoms with Crippen LogP contribution >= 0.6 is 0 Å². The fourth-order valence-electron chi connectivity index (χ4n) is 4.44. The fourth-order valence-corrected chi connectivity index (χ4v) is 4.44. The van der Waals surface area contributed by atoms with E-state index in [0.29, 0.717) is 19.4 Å². The number of aliphatic hydroxyl groups is 1. The quantitative estimate of drug-likeness (QED) is 0.470. The molecule has 1 aliphatic heterocycles. The van der Waals surface area contributed by atoms with E-state index in [2.05, 4.69) is 22.5 Å². The summed E-state index contributed by atoms with van der Waals surface area (Å²) in [6.45, 7) is 4.51. The first-order valence-electron chi connectivity index (χ1n) is 11.0. The minimum absolute atomic E-state index is 0.00765. The van der Waals surface area contributed by atoms with Gasteiger partial charge in [-0.25, -0.2) is 4.79 Å².